The van der Waals surface area contributed by atoms with E-state index in [4.69, 9.17) is 27.9 Å². The summed E-state index contributed by atoms with van der Waals surface area (Å²) in [4.78, 5) is 10.1. The highest BCUT2D eigenvalue weighted by molar-refractivity contribution is 6.32. The molecular formula is C13H8Cl2FNO3. The highest BCUT2D eigenvalue weighted by atomic mass is 35.5. The van der Waals surface area contributed by atoms with Crippen molar-refractivity contribution in [1.82, 2.24) is 0 Å². The third-order valence-electron chi connectivity index (χ3n) is 2.50. The minimum absolute atomic E-state index is 0.0174. The first-order valence-corrected chi connectivity index (χ1v) is 6.23. The molecule has 0 saturated heterocycles. The highest BCUT2D eigenvalue weighted by Gasteiger charge is 2.11. The number of benzene rings is 2. The zero-order chi connectivity index (χ0) is 14.7. The number of non-ortho nitro benzene ring substituents is 1. The molecule has 4 nitrogen and oxygen atoms in total. The van der Waals surface area contributed by atoms with Crippen LogP contribution in [0, 0.1) is 15.9 Å². The van der Waals surface area contributed by atoms with Gasteiger partial charge < -0.3 is 4.74 Å². The fourth-order valence-corrected chi connectivity index (χ4v) is 1.88. The summed E-state index contributed by atoms with van der Waals surface area (Å²) < 4.78 is 18.4. The number of ether oxygens (including phenoxy) is 1. The minimum atomic E-state index is -0.544. The fourth-order valence-electron chi connectivity index (χ4n) is 1.51. The second-order valence-electron chi connectivity index (χ2n) is 3.91. The highest BCUT2D eigenvalue weighted by Crippen LogP contribution is 2.29. The smallest absolute Gasteiger partial charge is 0.273 e. The van der Waals surface area contributed by atoms with E-state index in [1.54, 1.807) is 0 Å². The molecule has 0 atom stereocenters. The first-order chi connectivity index (χ1) is 9.47. The van der Waals surface area contributed by atoms with Crippen molar-refractivity contribution in [2.45, 2.75) is 6.61 Å². The Hall–Kier alpha value is -1.85. The van der Waals surface area contributed by atoms with Gasteiger partial charge in [0.2, 0.25) is 0 Å². The van der Waals surface area contributed by atoms with E-state index in [0.29, 0.717) is 5.56 Å². The van der Waals surface area contributed by atoms with Crippen LogP contribution in [0.1, 0.15) is 5.56 Å². The third kappa shape index (κ3) is 3.37. The number of nitrogens with zero attached hydrogens (tertiary/aromatic N) is 1. The maximum Gasteiger partial charge on any atom is 0.273 e. The van der Waals surface area contributed by atoms with E-state index >= 15 is 0 Å². The van der Waals surface area contributed by atoms with Gasteiger partial charge >= 0.3 is 0 Å². The molecule has 0 heterocycles. The summed E-state index contributed by atoms with van der Waals surface area (Å²) in [5.74, 6) is -0.342. The third-order valence-corrected chi connectivity index (χ3v) is 3.11. The number of nitro groups is 1. The van der Waals surface area contributed by atoms with Crippen LogP contribution in [0.5, 0.6) is 5.75 Å². The minimum Gasteiger partial charge on any atom is -0.487 e. The van der Waals surface area contributed by atoms with Crippen molar-refractivity contribution in [2.24, 2.45) is 0 Å². The molecule has 0 bridgehead atoms. The van der Waals surface area contributed by atoms with Gasteiger partial charge in [0.1, 0.15) is 18.2 Å². The fraction of sp³-hybridized carbons (Fsp3) is 0.0769. The van der Waals surface area contributed by atoms with E-state index in [1.807, 2.05) is 0 Å². The lowest BCUT2D eigenvalue weighted by Gasteiger charge is -2.08. The van der Waals surface area contributed by atoms with Crippen molar-refractivity contribution in [3.63, 3.8) is 0 Å². The molecule has 2 rings (SSSR count). The summed E-state index contributed by atoms with van der Waals surface area (Å²) in [7, 11) is 0. The van der Waals surface area contributed by atoms with Gasteiger partial charge in [0.15, 0.2) is 0 Å². The van der Waals surface area contributed by atoms with E-state index in [-0.39, 0.29) is 28.1 Å². The van der Waals surface area contributed by atoms with Crippen LogP contribution < -0.4 is 4.74 Å². The molecule has 0 aliphatic heterocycles. The molecule has 0 aliphatic rings. The van der Waals surface area contributed by atoms with E-state index in [0.717, 1.165) is 0 Å². The average Bonchev–Trinajstić information content (AvgIpc) is 2.41. The van der Waals surface area contributed by atoms with Crippen LogP contribution in [0.2, 0.25) is 10.0 Å². The van der Waals surface area contributed by atoms with Gasteiger partial charge in [-0.15, -0.1) is 0 Å². The molecule has 0 spiro atoms. The molecule has 0 radical (unpaired) electrons. The summed E-state index contributed by atoms with van der Waals surface area (Å²) in [5, 5.41) is 10.9. The molecule has 0 N–H and O–H groups in total. The van der Waals surface area contributed by atoms with Crippen molar-refractivity contribution >= 4 is 28.9 Å². The largest absolute Gasteiger partial charge is 0.487 e. The molecule has 0 fully saturated rings. The summed E-state index contributed by atoms with van der Waals surface area (Å²) >= 11 is 11.5. The number of halogens is 3. The van der Waals surface area contributed by atoms with Crippen LogP contribution in [0.4, 0.5) is 10.1 Å². The predicted molar refractivity (Wildman–Crippen MR) is 73.8 cm³/mol. The maximum atomic E-state index is 13.0. The van der Waals surface area contributed by atoms with Crippen LogP contribution >= 0.6 is 23.2 Å². The molecule has 2 aromatic rings. The van der Waals surface area contributed by atoms with Crippen LogP contribution in [0.25, 0.3) is 0 Å². The molecule has 0 aromatic heterocycles. The van der Waals surface area contributed by atoms with Crippen molar-refractivity contribution < 1.29 is 14.1 Å². The van der Waals surface area contributed by atoms with Crippen molar-refractivity contribution in [1.29, 1.82) is 0 Å². The van der Waals surface area contributed by atoms with Crippen molar-refractivity contribution in [2.75, 3.05) is 0 Å². The van der Waals surface area contributed by atoms with Crippen LogP contribution in [0.15, 0.2) is 36.4 Å². The Morgan fingerprint density at radius 2 is 1.90 bits per heavy atom. The standard InChI is InChI=1S/C13H8Cl2FNO3/c14-10-3-2-9(17(18)19)6-13(10)20-7-8-1-4-12(16)11(15)5-8/h1-6H,7H2. The van der Waals surface area contributed by atoms with Crippen LogP contribution in [-0.2, 0) is 6.61 Å². The molecule has 0 amide bonds. The van der Waals surface area contributed by atoms with Gasteiger partial charge in [-0.2, -0.15) is 0 Å². The zero-order valence-corrected chi connectivity index (χ0v) is 11.5. The molecule has 0 aliphatic carbocycles. The maximum absolute atomic E-state index is 13.0. The quantitative estimate of drug-likeness (QED) is 0.611. The predicted octanol–water partition coefficient (Wildman–Crippen LogP) is 4.62. The van der Waals surface area contributed by atoms with E-state index in [2.05, 4.69) is 0 Å². The second kappa shape index (κ2) is 6.07. The molecule has 20 heavy (non-hydrogen) atoms. The lowest BCUT2D eigenvalue weighted by atomic mass is 10.2. The molecule has 2 aromatic carbocycles. The van der Waals surface area contributed by atoms with Gasteiger partial charge in [-0.3, -0.25) is 10.1 Å². The number of hydrogen-bond donors (Lipinski definition) is 0. The Morgan fingerprint density at radius 1 is 1.15 bits per heavy atom. The molecule has 7 heteroatoms. The average molecular weight is 316 g/mol. The van der Waals surface area contributed by atoms with E-state index in [1.165, 1.54) is 36.4 Å². The Bertz CT molecular complexity index is 664. The van der Waals surface area contributed by atoms with E-state index < -0.39 is 10.7 Å². The van der Waals surface area contributed by atoms with Crippen molar-refractivity contribution in [3.8, 4) is 5.75 Å². The van der Waals surface area contributed by atoms with Gasteiger partial charge in [0.05, 0.1) is 21.0 Å². The normalized spacial score (nSPS) is 10.3. The van der Waals surface area contributed by atoms with Gasteiger partial charge in [-0.05, 0) is 23.8 Å². The molecular weight excluding hydrogens is 308 g/mol. The first-order valence-electron chi connectivity index (χ1n) is 5.48. The van der Waals surface area contributed by atoms with Crippen LogP contribution in [0.3, 0.4) is 0 Å². The number of rotatable bonds is 4. The Morgan fingerprint density at radius 3 is 2.55 bits per heavy atom. The lowest BCUT2D eigenvalue weighted by molar-refractivity contribution is -0.384. The van der Waals surface area contributed by atoms with Crippen molar-refractivity contribution in [3.05, 3.63) is 67.9 Å². The van der Waals surface area contributed by atoms with Gasteiger partial charge in [-0.25, -0.2) is 4.39 Å². The Balaban J connectivity index is 2.15. The van der Waals surface area contributed by atoms with Gasteiger partial charge in [0.25, 0.3) is 5.69 Å². The monoisotopic (exact) mass is 315 g/mol. The summed E-state index contributed by atoms with van der Waals surface area (Å²) in [6.07, 6.45) is 0. The lowest BCUT2D eigenvalue weighted by Crippen LogP contribution is -1.97. The number of hydrogen-bond acceptors (Lipinski definition) is 3. The Labute approximate surface area is 123 Å². The molecule has 0 saturated carbocycles. The summed E-state index contributed by atoms with van der Waals surface area (Å²) in [6.45, 7) is 0.0703. The molecule has 0 unspecified atom stereocenters. The second-order valence-corrected chi connectivity index (χ2v) is 4.72. The SMILES string of the molecule is O=[N+]([O-])c1ccc(Cl)c(OCc2ccc(F)c(Cl)c2)c1. The summed E-state index contributed by atoms with van der Waals surface area (Å²) in [5.41, 5.74) is 0.500. The number of nitro benzene ring substituents is 1. The zero-order valence-electron chi connectivity index (χ0n) is 9.98. The van der Waals surface area contributed by atoms with Gasteiger partial charge in [-0.1, -0.05) is 29.3 Å². The van der Waals surface area contributed by atoms with Gasteiger partial charge in [0, 0.05) is 6.07 Å². The van der Waals surface area contributed by atoms with Crippen LogP contribution in [-0.4, -0.2) is 4.92 Å². The molecule has 104 valence electrons. The topological polar surface area (TPSA) is 52.4 Å². The first kappa shape index (κ1) is 14.6. The summed E-state index contributed by atoms with van der Waals surface area (Å²) in [6, 6.07) is 8.04. The Kier molecular flexibility index (Phi) is 4.42. The van der Waals surface area contributed by atoms with E-state index in [9.17, 15) is 14.5 Å².